The molecule has 0 unspecified atom stereocenters. The Kier molecular flexibility index (Phi) is 5.83. The zero-order chi connectivity index (χ0) is 17.5. The third-order valence-electron chi connectivity index (χ3n) is 3.42. The number of pyridine rings is 1. The van der Waals surface area contributed by atoms with Crippen LogP contribution >= 0.6 is 0 Å². The number of benzene rings is 1. The maximum atomic E-state index is 12.0. The molecule has 0 saturated heterocycles. The molecule has 2 N–H and O–H groups in total. The lowest BCUT2D eigenvalue weighted by atomic mass is 10.2. The molecule has 0 bridgehead atoms. The van der Waals surface area contributed by atoms with Gasteiger partial charge in [0, 0.05) is 19.8 Å². The fraction of sp³-hybridized carbons (Fsp3) is 0.294. The van der Waals surface area contributed by atoms with Crippen LogP contribution in [0.3, 0.4) is 0 Å². The maximum Gasteiger partial charge on any atom is 0.293 e. The van der Waals surface area contributed by atoms with E-state index in [0.29, 0.717) is 25.3 Å². The standard InChI is InChI=1S/C17H20N2O5/c1-19-10-8-14(15(20)17(19)22)16(21)18-9-3-11-24-13-6-4-12(23-2)5-7-13/h4-8,10,20H,3,9,11H2,1-2H3,(H,18,21). The third-order valence-corrected chi connectivity index (χ3v) is 3.42. The van der Waals surface area contributed by atoms with Gasteiger partial charge in [-0.2, -0.15) is 0 Å². The summed E-state index contributed by atoms with van der Waals surface area (Å²) in [6, 6.07) is 8.61. The molecule has 0 spiro atoms. The third kappa shape index (κ3) is 4.28. The molecule has 0 aliphatic carbocycles. The number of hydrogen-bond acceptors (Lipinski definition) is 5. The highest BCUT2D eigenvalue weighted by Gasteiger charge is 2.14. The second-order valence-corrected chi connectivity index (χ2v) is 5.13. The van der Waals surface area contributed by atoms with Gasteiger partial charge < -0.3 is 24.5 Å². The van der Waals surface area contributed by atoms with Crippen molar-refractivity contribution in [1.29, 1.82) is 0 Å². The molecule has 0 aliphatic rings. The summed E-state index contributed by atoms with van der Waals surface area (Å²) < 4.78 is 11.8. The molecule has 2 aromatic rings. The van der Waals surface area contributed by atoms with E-state index in [1.165, 1.54) is 23.9 Å². The van der Waals surface area contributed by atoms with Crippen LogP contribution in [-0.4, -0.2) is 35.8 Å². The SMILES string of the molecule is COc1ccc(OCCCNC(=O)c2ccn(C)c(=O)c2O)cc1. The van der Waals surface area contributed by atoms with Crippen LogP contribution in [0.15, 0.2) is 41.3 Å². The second-order valence-electron chi connectivity index (χ2n) is 5.13. The van der Waals surface area contributed by atoms with Crippen molar-refractivity contribution < 1.29 is 19.4 Å². The lowest BCUT2D eigenvalue weighted by Gasteiger charge is -2.09. The highest BCUT2D eigenvalue weighted by Crippen LogP contribution is 2.17. The van der Waals surface area contributed by atoms with Crippen molar-refractivity contribution in [3.8, 4) is 17.2 Å². The number of aromatic hydroxyl groups is 1. The summed E-state index contributed by atoms with van der Waals surface area (Å²) >= 11 is 0. The summed E-state index contributed by atoms with van der Waals surface area (Å²) in [6.07, 6.45) is 2.02. The summed E-state index contributed by atoms with van der Waals surface area (Å²) in [6.45, 7) is 0.790. The number of rotatable bonds is 7. The summed E-state index contributed by atoms with van der Waals surface area (Å²) in [5.41, 5.74) is -0.639. The van der Waals surface area contributed by atoms with E-state index in [-0.39, 0.29) is 5.56 Å². The number of amides is 1. The quantitative estimate of drug-likeness (QED) is 0.746. The van der Waals surface area contributed by atoms with Gasteiger partial charge in [-0.15, -0.1) is 0 Å². The van der Waals surface area contributed by atoms with E-state index in [1.807, 2.05) is 0 Å². The minimum absolute atomic E-state index is 0.0332. The first kappa shape index (κ1) is 17.4. The molecule has 7 heteroatoms. The summed E-state index contributed by atoms with van der Waals surface area (Å²) in [7, 11) is 3.10. The first-order valence-electron chi connectivity index (χ1n) is 7.46. The van der Waals surface area contributed by atoms with E-state index < -0.39 is 17.2 Å². The first-order chi connectivity index (χ1) is 11.5. The van der Waals surface area contributed by atoms with Crippen molar-refractivity contribution in [2.75, 3.05) is 20.3 Å². The van der Waals surface area contributed by atoms with Gasteiger partial charge in [-0.25, -0.2) is 0 Å². The molecular weight excluding hydrogens is 312 g/mol. The maximum absolute atomic E-state index is 12.0. The smallest absolute Gasteiger partial charge is 0.293 e. The van der Waals surface area contributed by atoms with Crippen LogP contribution in [0.2, 0.25) is 0 Å². The fourth-order valence-electron chi connectivity index (χ4n) is 2.03. The van der Waals surface area contributed by atoms with Gasteiger partial charge in [0.25, 0.3) is 11.5 Å². The molecule has 0 saturated carbocycles. The molecule has 0 aliphatic heterocycles. The topological polar surface area (TPSA) is 89.8 Å². The first-order valence-corrected chi connectivity index (χ1v) is 7.46. The van der Waals surface area contributed by atoms with E-state index in [2.05, 4.69) is 5.32 Å². The number of nitrogens with one attached hydrogen (secondary N) is 1. The van der Waals surface area contributed by atoms with Crippen molar-refractivity contribution in [3.05, 3.63) is 52.4 Å². The van der Waals surface area contributed by atoms with Crippen molar-refractivity contribution in [2.24, 2.45) is 7.05 Å². The van der Waals surface area contributed by atoms with Crippen LogP contribution in [0.5, 0.6) is 17.2 Å². The van der Waals surface area contributed by atoms with Gasteiger partial charge in [-0.1, -0.05) is 0 Å². The molecule has 128 valence electrons. The molecule has 24 heavy (non-hydrogen) atoms. The Bertz CT molecular complexity index is 753. The number of methoxy groups -OCH3 is 1. The van der Waals surface area contributed by atoms with Gasteiger partial charge >= 0.3 is 0 Å². The van der Waals surface area contributed by atoms with Crippen molar-refractivity contribution in [2.45, 2.75) is 6.42 Å². The number of ether oxygens (including phenoxy) is 2. The van der Waals surface area contributed by atoms with Crippen molar-refractivity contribution >= 4 is 5.91 Å². The van der Waals surface area contributed by atoms with E-state index in [4.69, 9.17) is 9.47 Å². The normalized spacial score (nSPS) is 10.2. The predicted octanol–water partition coefficient (Wildman–Crippen LogP) is 1.30. The zero-order valence-corrected chi connectivity index (χ0v) is 13.6. The van der Waals surface area contributed by atoms with Crippen LogP contribution < -0.4 is 20.3 Å². The molecule has 7 nitrogen and oxygen atoms in total. The molecule has 0 fully saturated rings. The van der Waals surface area contributed by atoms with E-state index in [1.54, 1.807) is 31.4 Å². The Morgan fingerprint density at radius 2 is 1.88 bits per heavy atom. The van der Waals surface area contributed by atoms with Crippen molar-refractivity contribution in [3.63, 3.8) is 0 Å². The van der Waals surface area contributed by atoms with Crippen molar-refractivity contribution in [1.82, 2.24) is 9.88 Å². The number of carbonyl (C=O) groups is 1. The monoisotopic (exact) mass is 332 g/mol. The van der Waals surface area contributed by atoms with E-state index >= 15 is 0 Å². The van der Waals surface area contributed by atoms with Crippen LogP contribution in [0.1, 0.15) is 16.8 Å². The number of aryl methyl sites for hydroxylation is 1. The molecule has 0 radical (unpaired) electrons. The summed E-state index contributed by atoms with van der Waals surface area (Å²) in [5, 5.41) is 12.4. The Balaban J connectivity index is 1.77. The van der Waals surface area contributed by atoms with E-state index in [0.717, 1.165) is 5.75 Å². The Morgan fingerprint density at radius 1 is 1.21 bits per heavy atom. The summed E-state index contributed by atoms with van der Waals surface area (Å²) in [5.74, 6) is 0.427. The van der Waals surface area contributed by atoms with Crippen LogP contribution in [-0.2, 0) is 7.05 Å². The highest BCUT2D eigenvalue weighted by atomic mass is 16.5. The average molecular weight is 332 g/mol. The Hall–Kier alpha value is -2.96. The minimum Gasteiger partial charge on any atom is -0.502 e. The lowest BCUT2D eigenvalue weighted by Crippen LogP contribution is -2.28. The van der Waals surface area contributed by atoms with E-state index in [9.17, 15) is 14.7 Å². The molecule has 2 rings (SSSR count). The van der Waals surface area contributed by atoms with Gasteiger partial charge in [0.2, 0.25) is 0 Å². The highest BCUT2D eigenvalue weighted by molar-refractivity contribution is 5.96. The van der Waals surface area contributed by atoms with Gasteiger partial charge in [0.1, 0.15) is 11.5 Å². The largest absolute Gasteiger partial charge is 0.502 e. The minimum atomic E-state index is -0.606. The van der Waals surface area contributed by atoms with Crippen LogP contribution in [0, 0.1) is 0 Å². The number of hydrogen-bond donors (Lipinski definition) is 2. The number of aromatic nitrogens is 1. The Labute approximate surface area is 139 Å². The van der Waals surface area contributed by atoms with Gasteiger partial charge in [-0.05, 0) is 36.8 Å². The average Bonchev–Trinajstić information content (AvgIpc) is 2.60. The predicted molar refractivity (Wildman–Crippen MR) is 88.8 cm³/mol. The van der Waals surface area contributed by atoms with Gasteiger partial charge in [0.15, 0.2) is 5.75 Å². The molecular formula is C17H20N2O5. The lowest BCUT2D eigenvalue weighted by molar-refractivity contribution is 0.0948. The molecule has 1 amide bonds. The molecule has 1 heterocycles. The Morgan fingerprint density at radius 3 is 2.54 bits per heavy atom. The molecule has 1 aromatic heterocycles. The zero-order valence-electron chi connectivity index (χ0n) is 13.6. The number of nitrogens with zero attached hydrogens (tertiary/aromatic N) is 1. The van der Waals surface area contributed by atoms with Crippen LogP contribution in [0.25, 0.3) is 0 Å². The summed E-state index contributed by atoms with van der Waals surface area (Å²) in [4.78, 5) is 23.5. The fourth-order valence-corrected chi connectivity index (χ4v) is 2.03. The van der Waals surface area contributed by atoms with Crippen LogP contribution in [0.4, 0.5) is 0 Å². The van der Waals surface area contributed by atoms with Gasteiger partial charge in [0.05, 0.1) is 19.3 Å². The number of carbonyl (C=O) groups excluding carboxylic acids is 1. The second kappa shape index (κ2) is 8.05. The molecule has 0 atom stereocenters. The molecule has 1 aromatic carbocycles. The van der Waals surface area contributed by atoms with Gasteiger partial charge in [-0.3, -0.25) is 9.59 Å².